The Hall–Kier alpha value is -1.88. The van der Waals surface area contributed by atoms with Crippen LogP contribution in [-0.4, -0.2) is 49.6 Å². The highest BCUT2D eigenvalue weighted by atomic mass is 16.5. The van der Waals surface area contributed by atoms with E-state index in [0.717, 1.165) is 23.2 Å². The maximum absolute atomic E-state index is 12.5. The highest BCUT2D eigenvalue weighted by molar-refractivity contribution is 5.98. The van der Waals surface area contributed by atoms with E-state index in [9.17, 15) is 9.59 Å². The van der Waals surface area contributed by atoms with E-state index in [-0.39, 0.29) is 18.4 Å². The largest absolute Gasteiger partial charge is 0.378 e. The Morgan fingerprint density at radius 2 is 1.95 bits per heavy atom. The minimum atomic E-state index is -0.106. The van der Waals surface area contributed by atoms with Crippen molar-refractivity contribution in [2.45, 2.75) is 27.2 Å². The number of ether oxygens (including phenoxy) is 1. The van der Waals surface area contributed by atoms with Crippen molar-refractivity contribution in [2.24, 2.45) is 0 Å². The standard InChI is InChI=1S/C17H24N2O3/c1-4-15-7-5-6-13(2)17(15)19(14(3)20)12-16(21)18-8-10-22-11-9-18/h5-7H,4,8-12H2,1-3H3. The first-order valence-corrected chi connectivity index (χ1v) is 7.76. The van der Waals surface area contributed by atoms with Gasteiger partial charge in [0, 0.05) is 20.0 Å². The lowest BCUT2D eigenvalue weighted by molar-refractivity contribution is -0.134. The van der Waals surface area contributed by atoms with Crippen LogP contribution in [0.15, 0.2) is 18.2 Å². The van der Waals surface area contributed by atoms with Crippen LogP contribution in [0.2, 0.25) is 0 Å². The number of anilines is 1. The predicted molar refractivity (Wildman–Crippen MR) is 86.0 cm³/mol. The number of amides is 2. The van der Waals surface area contributed by atoms with E-state index in [1.54, 1.807) is 9.80 Å². The summed E-state index contributed by atoms with van der Waals surface area (Å²) in [4.78, 5) is 28.0. The first-order chi connectivity index (χ1) is 10.5. The van der Waals surface area contributed by atoms with Crippen molar-refractivity contribution in [2.75, 3.05) is 37.7 Å². The number of hydrogen-bond acceptors (Lipinski definition) is 3. The maximum Gasteiger partial charge on any atom is 0.242 e. The van der Waals surface area contributed by atoms with Gasteiger partial charge >= 0.3 is 0 Å². The summed E-state index contributed by atoms with van der Waals surface area (Å²) in [6.07, 6.45) is 0.826. The van der Waals surface area contributed by atoms with Crippen LogP contribution in [0.25, 0.3) is 0 Å². The second-order valence-electron chi connectivity index (χ2n) is 5.53. The zero-order valence-electron chi connectivity index (χ0n) is 13.6. The lowest BCUT2D eigenvalue weighted by Crippen LogP contribution is -2.47. The average molecular weight is 304 g/mol. The molecule has 0 N–H and O–H groups in total. The van der Waals surface area contributed by atoms with Gasteiger partial charge in [0.25, 0.3) is 0 Å². The van der Waals surface area contributed by atoms with Gasteiger partial charge in [-0.2, -0.15) is 0 Å². The molecule has 1 aliphatic rings. The van der Waals surface area contributed by atoms with Gasteiger partial charge in [0.15, 0.2) is 0 Å². The number of rotatable bonds is 4. The molecule has 1 aromatic rings. The second kappa shape index (κ2) is 7.40. The van der Waals surface area contributed by atoms with Crippen molar-refractivity contribution >= 4 is 17.5 Å². The molecule has 1 saturated heterocycles. The Morgan fingerprint density at radius 1 is 1.27 bits per heavy atom. The van der Waals surface area contributed by atoms with E-state index in [1.165, 1.54) is 6.92 Å². The van der Waals surface area contributed by atoms with Crippen molar-refractivity contribution in [3.63, 3.8) is 0 Å². The van der Waals surface area contributed by atoms with E-state index in [0.29, 0.717) is 26.3 Å². The van der Waals surface area contributed by atoms with Crippen molar-refractivity contribution in [1.29, 1.82) is 0 Å². The molecule has 0 unspecified atom stereocenters. The summed E-state index contributed by atoms with van der Waals surface area (Å²) in [7, 11) is 0. The van der Waals surface area contributed by atoms with Gasteiger partial charge in [-0.3, -0.25) is 9.59 Å². The predicted octanol–water partition coefficient (Wildman–Crippen LogP) is 1.77. The molecule has 1 aliphatic heterocycles. The summed E-state index contributed by atoms with van der Waals surface area (Å²) in [5.74, 6) is -0.130. The van der Waals surface area contributed by atoms with Crippen LogP contribution in [-0.2, 0) is 20.7 Å². The summed E-state index contributed by atoms with van der Waals surface area (Å²) < 4.78 is 5.27. The summed E-state index contributed by atoms with van der Waals surface area (Å²) in [5, 5.41) is 0. The van der Waals surface area contributed by atoms with Crippen molar-refractivity contribution < 1.29 is 14.3 Å². The molecule has 120 valence electrons. The van der Waals surface area contributed by atoms with Gasteiger partial charge in [0.05, 0.1) is 18.9 Å². The molecule has 1 fully saturated rings. The monoisotopic (exact) mass is 304 g/mol. The number of para-hydroxylation sites is 1. The molecule has 0 aromatic heterocycles. The summed E-state index contributed by atoms with van der Waals surface area (Å²) >= 11 is 0. The molecule has 0 atom stereocenters. The van der Waals surface area contributed by atoms with Gasteiger partial charge in [-0.25, -0.2) is 0 Å². The van der Waals surface area contributed by atoms with E-state index < -0.39 is 0 Å². The fourth-order valence-electron chi connectivity index (χ4n) is 2.79. The van der Waals surface area contributed by atoms with Crippen molar-refractivity contribution in [3.8, 4) is 0 Å². The van der Waals surface area contributed by atoms with Crippen molar-refractivity contribution in [3.05, 3.63) is 29.3 Å². The fourth-order valence-corrected chi connectivity index (χ4v) is 2.79. The van der Waals surface area contributed by atoms with Crippen LogP contribution < -0.4 is 4.90 Å². The van der Waals surface area contributed by atoms with Crippen LogP contribution in [0.4, 0.5) is 5.69 Å². The first kappa shape index (κ1) is 16.5. The molecule has 0 spiro atoms. The lowest BCUT2D eigenvalue weighted by Gasteiger charge is -2.31. The van der Waals surface area contributed by atoms with Crippen LogP contribution in [0.1, 0.15) is 25.0 Å². The molecule has 1 aromatic carbocycles. The molecule has 0 saturated carbocycles. The summed E-state index contributed by atoms with van der Waals surface area (Å²) in [6.45, 7) is 7.96. The molecule has 5 heteroatoms. The third-order valence-electron chi connectivity index (χ3n) is 4.01. The third kappa shape index (κ3) is 3.65. The van der Waals surface area contributed by atoms with Crippen LogP contribution in [0.5, 0.6) is 0 Å². The fraction of sp³-hybridized carbons (Fsp3) is 0.529. The van der Waals surface area contributed by atoms with Gasteiger partial charge in [0.2, 0.25) is 11.8 Å². The molecule has 5 nitrogen and oxygen atoms in total. The molecule has 0 bridgehead atoms. The summed E-state index contributed by atoms with van der Waals surface area (Å²) in [5.41, 5.74) is 2.98. The Balaban J connectivity index is 2.24. The Labute approximate surface area is 131 Å². The van der Waals surface area contributed by atoms with Crippen LogP contribution in [0, 0.1) is 6.92 Å². The minimum Gasteiger partial charge on any atom is -0.378 e. The number of benzene rings is 1. The zero-order valence-corrected chi connectivity index (χ0v) is 13.6. The number of aryl methyl sites for hydroxylation is 2. The molecule has 0 aliphatic carbocycles. The molecular weight excluding hydrogens is 280 g/mol. The quantitative estimate of drug-likeness (QED) is 0.852. The topological polar surface area (TPSA) is 49.9 Å². The molecule has 2 amide bonds. The zero-order chi connectivity index (χ0) is 16.1. The van der Waals surface area contributed by atoms with Crippen LogP contribution in [0.3, 0.4) is 0 Å². The lowest BCUT2D eigenvalue weighted by atomic mass is 10.0. The molecule has 2 rings (SSSR count). The molecular formula is C17H24N2O3. The second-order valence-corrected chi connectivity index (χ2v) is 5.53. The Bertz CT molecular complexity index is 551. The smallest absolute Gasteiger partial charge is 0.242 e. The molecule has 1 heterocycles. The number of nitrogens with zero attached hydrogens (tertiary/aromatic N) is 2. The van der Waals surface area contributed by atoms with Gasteiger partial charge < -0.3 is 14.5 Å². The third-order valence-corrected chi connectivity index (χ3v) is 4.01. The number of morpholine rings is 1. The Morgan fingerprint density at radius 3 is 2.55 bits per heavy atom. The van der Waals surface area contributed by atoms with Gasteiger partial charge in [0.1, 0.15) is 6.54 Å². The van der Waals surface area contributed by atoms with E-state index in [2.05, 4.69) is 6.92 Å². The number of hydrogen-bond donors (Lipinski definition) is 0. The van der Waals surface area contributed by atoms with Gasteiger partial charge in [-0.1, -0.05) is 25.1 Å². The van der Waals surface area contributed by atoms with E-state index >= 15 is 0 Å². The van der Waals surface area contributed by atoms with Gasteiger partial charge in [-0.15, -0.1) is 0 Å². The highest BCUT2D eigenvalue weighted by Gasteiger charge is 2.24. The van der Waals surface area contributed by atoms with Gasteiger partial charge in [-0.05, 0) is 24.5 Å². The van der Waals surface area contributed by atoms with Crippen molar-refractivity contribution in [1.82, 2.24) is 4.90 Å². The van der Waals surface area contributed by atoms with E-state index in [1.807, 2.05) is 25.1 Å². The SMILES string of the molecule is CCc1cccc(C)c1N(CC(=O)N1CCOCC1)C(C)=O. The maximum atomic E-state index is 12.5. The first-order valence-electron chi connectivity index (χ1n) is 7.76. The number of carbonyl (C=O) groups excluding carboxylic acids is 2. The average Bonchev–Trinajstić information content (AvgIpc) is 2.53. The molecule has 22 heavy (non-hydrogen) atoms. The van der Waals surface area contributed by atoms with Crippen LogP contribution >= 0.6 is 0 Å². The number of carbonyl (C=O) groups is 2. The normalized spacial score (nSPS) is 14.8. The summed E-state index contributed by atoms with van der Waals surface area (Å²) in [6, 6.07) is 5.97. The highest BCUT2D eigenvalue weighted by Crippen LogP contribution is 2.26. The van der Waals surface area contributed by atoms with E-state index in [4.69, 9.17) is 4.74 Å². The molecule has 0 radical (unpaired) electrons. The Kier molecular flexibility index (Phi) is 5.55. The minimum absolute atomic E-state index is 0.0243.